The zero-order valence-corrected chi connectivity index (χ0v) is 46.7. The van der Waals surface area contributed by atoms with Gasteiger partial charge in [0.25, 0.3) is 0 Å². The number of carbonyl (C=O) groups is 4. The van der Waals surface area contributed by atoms with E-state index in [1.54, 1.807) is 6.92 Å². The summed E-state index contributed by atoms with van der Waals surface area (Å²) in [5, 5.41) is 43.4. The van der Waals surface area contributed by atoms with Crippen molar-refractivity contribution in [3.63, 3.8) is 0 Å². The molecule has 0 saturated carbocycles. The molecule has 0 spiro atoms. The molecule has 0 amide bonds. The molecule has 23 heteroatoms. The predicted octanol–water partition coefficient (Wildman–Crippen LogP) is 8.36. The number of nitrogens with one attached hydrogen (secondary N) is 2. The van der Waals surface area contributed by atoms with Gasteiger partial charge in [0.2, 0.25) is 0 Å². The van der Waals surface area contributed by atoms with Crippen molar-refractivity contribution in [2.45, 2.75) is 121 Å². The van der Waals surface area contributed by atoms with Gasteiger partial charge in [-0.1, -0.05) is 38.0 Å². The van der Waals surface area contributed by atoms with Crippen LogP contribution in [0, 0.1) is 18.3 Å². The molecule has 432 valence electrons. The number of likely N-dealkylation sites (N-methyl/N-ethyl adjacent to an activating group) is 1. The maximum Gasteiger partial charge on any atom is 0.305 e. The number of carbonyl (C=O) groups excluding carboxylic acids is 4. The number of azo groups is 1. The van der Waals surface area contributed by atoms with Crippen LogP contribution in [-0.2, 0) is 52.7 Å². The molecule has 0 fully saturated rings. The van der Waals surface area contributed by atoms with Gasteiger partial charge in [0.15, 0.2) is 15.7 Å². The number of anilines is 3. The number of hydrogen-bond donors (Lipinski definition) is 4. The van der Waals surface area contributed by atoms with Gasteiger partial charge in [0.05, 0.1) is 52.0 Å². The highest BCUT2D eigenvalue weighted by molar-refractivity contribution is 7.91. The van der Waals surface area contributed by atoms with E-state index in [9.17, 15) is 32.9 Å². The zero-order valence-electron chi connectivity index (χ0n) is 45.9. The molecule has 2 aromatic carbocycles. The molecular formula is C55H81N7O15S. The van der Waals surface area contributed by atoms with E-state index in [0.29, 0.717) is 108 Å². The van der Waals surface area contributed by atoms with Crippen LogP contribution in [0.5, 0.6) is 11.5 Å². The molecule has 22 nitrogen and oxygen atoms in total. The van der Waals surface area contributed by atoms with Gasteiger partial charge in [-0.25, -0.2) is 13.4 Å². The SMILES string of the molecule is CCN(CCOC(=O)CCCCCOC(=O)CCCCCO)CCS(=O)(=O)c1cc(OC)c(N=Nc2c(Nc3ccccc3)nc(NCCOCCOC(=O)CCCCCOC(=O)CCCCCO)c(C#N)c2C)cc1OC. The van der Waals surface area contributed by atoms with Crippen LogP contribution in [-0.4, -0.2) is 151 Å². The average Bonchev–Trinajstić information content (AvgIpc) is 3.46. The van der Waals surface area contributed by atoms with Crippen LogP contribution in [0.2, 0.25) is 0 Å². The van der Waals surface area contributed by atoms with Crippen LogP contribution >= 0.6 is 0 Å². The van der Waals surface area contributed by atoms with Crippen LogP contribution < -0.4 is 20.1 Å². The Kier molecular flexibility index (Phi) is 32.9. The van der Waals surface area contributed by atoms with Crippen molar-refractivity contribution in [1.29, 1.82) is 5.26 Å². The Bertz CT molecular complexity index is 2460. The highest BCUT2D eigenvalue weighted by Gasteiger charge is 2.25. The number of pyridine rings is 1. The Morgan fingerprint density at radius 1 is 0.667 bits per heavy atom. The molecule has 0 aliphatic carbocycles. The van der Waals surface area contributed by atoms with E-state index in [4.69, 9.17) is 48.4 Å². The lowest BCUT2D eigenvalue weighted by Crippen LogP contribution is -2.32. The van der Waals surface area contributed by atoms with Crippen LogP contribution in [0.25, 0.3) is 0 Å². The molecule has 0 radical (unpaired) electrons. The van der Waals surface area contributed by atoms with Gasteiger partial charge >= 0.3 is 23.9 Å². The van der Waals surface area contributed by atoms with Crippen LogP contribution in [0.15, 0.2) is 57.6 Å². The number of aromatic nitrogens is 1. The third-order valence-electron chi connectivity index (χ3n) is 12.1. The Balaban J connectivity index is 1.57. The average molecular weight is 1110 g/mol. The number of rotatable bonds is 43. The van der Waals surface area contributed by atoms with E-state index in [-0.39, 0.29) is 147 Å². The molecule has 0 aliphatic rings. The normalized spacial score (nSPS) is 11.3. The van der Waals surface area contributed by atoms with Gasteiger partial charge in [-0.2, -0.15) is 5.26 Å². The first-order valence-electron chi connectivity index (χ1n) is 26.9. The molecule has 0 unspecified atom stereocenters. The van der Waals surface area contributed by atoms with E-state index < -0.39 is 9.84 Å². The topological polar surface area (TPSA) is 296 Å². The van der Waals surface area contributed by atoms with E-state index in [0.717, 1.165) is 12.8 Å². The fraction of sp³-hybridized carbons (Fsp3) is 0.600. The Hall–Kier alpha value is -6.45. The molecule has 4 N–H and O–H groups in total. The molecule has 1 heterocycles. The number of unbranched alkanes of at least 4 members (excludes halogenated alkanes) is 8. The second-order valence-electron chi connectivity index (χ2n) is 18.0. The summed E-state index contributed by atoms with van der Waals surface area (Å²) >= 11 is 0. The van der Waals surface area contributed by atoms with E-state index in [2.05, 4.69) is 26.9 Å². The Labute approximate surface area is 459 Å². The summed E-state index contributed by atoms with van der Waals surface area (Å²) in [4.78, 5) is 54.6. The number of nitrogens with zero attached hydrogens (tertiary/aromatic N) is 5. The van der Waals surface area contributed by atoms with Gasteiger partial charge in [-0.15, -0.1) is 10.2 Å². The highest BCUT2D eigenvalue weighted by atomic mass is 32.2. The highest BCUT2D eigenvalue weighted by Crippen LogP contribution is 2.41. The standard InChI is InChI=1S/C55H81N7O15S/c1-5-62(28-35-76-51(67)25-15-9-19-32-74-49(65)23-13-7-17-30-63)29-38-78(69,70)48-40-46(71-3)45(39-47(48)72-4)60-61-53-42(2)44(41-56)54(59-55(53)58-43-21-11-6-12-22-43)57-27-34-73-36-37-77-52(68)26-16-10-20-33-75-50(66)24-14-8-18-31-64/h6,11-12,21-22,39-40,63-64H,5,7-10,13-20,23-38H2,1-4H3,(H2,57,58,59). The number of hydrogen-bond acceptors (Lipinski definition) is 22. The molecule has 0 atom stereocenters. The largest absolute Gasteiger partial charge is 0.495 e. The van der Waals surface area contributed by atoms with E-state index in [1.807, 2.05) is 42.2 Å². The third kappa shape index (κ3) is 25.8. The molecule has 78 heavy (non-hydrogen) atoms. The fourth-order valence-corrected chi connectivity index (χ4v) is 9.07. The molecule has 3 aromatic rings. The van der Waals surface area contributed by atoms with E-state index in [1.165, 1.54) is 26.4 Å². The minimum Gasteiger partial charge on any atom is -0.495 e. The summed E-state index contributed by atoms with van der Waals surface area (Å²) in [5.41, 5.74) is 1.67. The number of benzene rings is 2. The summed E-state index contributed by atoms with van der Waals surface area (Å²) in [6.45, 7) is 6.12. The lowest BCUT2D eigenvalue weighted by atomic mass is 10.1. The minimum atomic E-state index is -3.96. The van der Waals surface area contributed by atoms with Crippen molar-refractivity contribution >= 4 is 62.4 Å². The Morgan fingerprint density at radius 3 is 1.76 bits per heavy atom. The third-order valence-corrected chi connectivity index (χ3v) is 13.8. The van der Waals surface area contributed by atoms with Crippen LogP contribution in [0.1, 0.15) is 121 Å². The monoisotopic (exact) mass is 1110 g/mol. The number of methoxy groups -OCH3 is 2. The number of esters is 4. The molecule has 3 rings (SSSR count). The summed E-state index contributed by atoms with van der Waals surface area (Å²) in [6.07, 6.45) is 9.22. The molecular weight excluding hydrogens is 1030 g/mol. The molecule has 0 bridgehead atoms. The summed E-state index contributed by atoms with van der Waals surface area (Å²) < 4.78 is 65.7. The van der Waals surface area contributed by atoms with Gasteiger partial charge in [-0.3, -0.25) is 24.1 Å². The van der Waals surface area contributed by atoms with Crippen LogP contribution in [0.4, 0.5) is 28.7 Å². The maximum atomic E-state index is 13.9. The van der Waals surface area contributed by atoms with Crippen molar-refractivity contribution in [3.8, 4) is 17.6 Å². The van der Waals surface area contributed by atoms with Gasteiger partial charge in [0.1, 0.15) is 52.9 Å². The Morgan fingerprint density at radius 2 is 1.22 bits per heavy atom. The summed E-state index contributed by atoms with van der Waals surface area (Å²) in [6, 6.07) is 14.1. The lowest BCUT2D eigenvalue weighted by molar-refractivity contribution is -0.146. The second-order valence-corrected chi connectivity index (χ2v) is 20.1. The van der Waals surface area contributed by atoms with Gasteiger partial charge in [0, 0.05) is 81.9 Å². The minimum absolute atomic E-state index is 0.00966. The number of ether oxygens (including phenoxy) is 7. The predicted molar refractivity (Wildman–Crippen MR) is 292 cm³/mol. The van der Waals surface area contributed by atoms with E-state index >= 15 is 0 Å². The van der Waals surface area contributed by atoms with Crippen molar-refractivity contribution < 1.29 is 71.0 Å². The van der Waals surface area contributed by atoms with Crippen molar-refractivity contribution in [2.24, 2.45) is 10.2 Å². The van der Waals surface area contributed by atoms with Crippen molar-refractivity contribution in [3.05, 3.63) is 53.6 Å². The molecule has 1 aromatic heterocycles. The lowest BCUT2D eigenvalue weighted by Gasteiger charge is -2.20. The molecule has 0 aliphatic heterocycles. The summed E-state index contributed by atoms with van der Waals surface area (Å²) in [5.74, 6) is -0.884. The maximum absolute atomic E-state index is 13.9. The number of sulfone groups is 1. The summed E-state index contributed by atoms with van der Waals surface area (Å²) in [7, 11) is -1.25. The molecule has 0 saturated heterocycles. The number of nitriles is 1. The van der Waals surface area contributed by atoms with Crippen molar-refractivity contribution in [1.82, 2.24) is 9.88 Å². The zero-order chi connectivity index (χ0) is 56.8. The second kappa shape index (κ2) is 39.0. The number of aliphatic hydroxyl groups is 2. The van der Waals surface area contributed by atoms with Gasteiger partial charge < -0.3 is 54.0 Å². The first-order chi connectivity index (χ1) is 37.8. The smallest absolute Gasteiger partial charge is 0.305 e. The number of aliphatic hydroxyl groups excluding tert-OH is 2. The van der Waals surface area contributed by atoms with Gasteiger partial charge in [-0.05, 0) is 89.8 Å². The first kappa shape index (κ1) is 65.8. The fourth-order valence-electron chi connectivity index (χ4n) is 7.61. The quantitative estimate of drug-likeness (QED) is 0.0179. The van der Waals surface area contributed by atoms with Crippen molar-refractivity contribution in [2.75, 3.05) is 110 Å². The van der Waals surface area contributed by atoms with Crippen LogP contribution in [0.3, 0.4) is 0 Å². The first-order valence-corrected chi connectivity index (χ1v) is 28.5. The number of para-hydroxylation sites is 1.